The van der Waals surface area contributed by atoms with Crippen LogP contribution in [-0.4, -0.2) is 12.6 Å². The molecule has 0 unspecified atom stereocenters. The summed E-state index contributed by atoms with van der Waals surface area (Å²) in [4.78, 5) is 11.8. The third kappa shape index (κ3) is 21.7. The van der Waals surface area contributed by atoms with Crippen LogP contribution in [0, 0.1) is 0 Å². The lowest BCUT2D eigenvalue weighted by molar-refractivity contribution is -0.142. The Labute approximate surface area is 200 Å². The average molecular weight is 445 g/mol. The summed E-state index contributed by atoms with van der Waals surface area (Å²) in [5.74, 6) is -0.0532. The molecule has 2 nitrogen and oxygen atoms in total. The summed E-state index contributed by atoms with van der Waals surface area (Å²) < 4.78 is 5.36. The van der Waals surface area contributed by atoms with E-state index in [1.54, 1.807) is 0 Å². The number of allylic oxidation sites excluding steroid dienone is 7. The second-order valence-electron chi connectivity index (χ2n) is 9.60. The maximum Gasteiger partial charge on any atom is 0.306 e. The number of rotatable bonds is 19. The van der Waals surface area contributed by atoms with E-state index in [-0.39, 0.29) is 5.97 Å². The smallest absolute Gasteiger partial charge is 0.306 e. The minimum atomic E-state index is -0.0532. The van der Waals surface area contributed by atoms with Crippen molar-refractivity contribution < 1.29 is 9.53 Å². The van der Waals surface area contributed by atoms with Crippen molar-refractivity contribution in [2.75, 3.05) is 6.61 Å². The molecule has 32 heavy (non-hydrogen) atoms. The maximum absolute atomic E-state index is 11.8. The fourth-order valence-electron chi connectivity index (χ4n) is 3.56. The van der Waals surface area contributed by atoms with Crippen molar-refractivity contribution in [2.45, 2.75) is 131 Å². The van der Waals surface area contributed by atoms with Crippen LogP contribution in [-0.2, 0) is 9.53 Å². The van der Waals surface area contributed by atoms with E-state index in [1.807, 2.05) is 0 Å². The zero-order chi connectivity index (χ0) is 24.0. The van der Waals surface area contributed by atoms with Gasteiger partial charge in [-0.2, -0.15) is 0 Å². The van der Waals surface area contributed by atoms with Gasteiger partial charge in [0.15, 0.2) is 0 Å². The van der Waals surface area contributed by atoms with Gasteiger partial charge in [0.2, 0.25) is 0 Å². The van der Waals surface area contributed by atoms with Crippen molar-refractivity contribution >= 4 is 5.97 Å². The highest BCUT2D eigenvalue weighted by molar-refractivity contribution is 5.69. The number of ether oxygens (including phenoxy) is 1. The Bertz CT molecular complexity index is 600. The van der Waals surface area contributed by atoms with Crippen LogP contribution in [0.2, 0.25) is 0 Å². The van der Waals surface area contributed by atoms with E-state index in [2.05, 4.69) is 65.8 Å². The number of hydrogen-bond acceptors (Lipinski definition) is 2. The largest absolute Gasteiger partial charge is 0.461 e. The maximum atomic E-state index is 11.8. The molecule has 0 aromatic rings. The van der Waals surface area contributed by atoms with Gasteiger partial charge in [0, 0.05) is 6.42 Å². The fraction of sp³-hybridized carbons (Fsp3) is 0.700. The summed E-state index contributed by atoms with van der Waals surface area (Å²) in [6.45, 7) is 13.6. The highest BCUT2D eigenvalue weighted by atomic mass is 16.5. The molecule has 0 bridgehead atoms. The standard InChI is InChI=1S/C30H52O2/c1-7-8-9-10-11-12-13-23-30(31)32-25-24-29(6)22-16-21-28(5)20-15-19-27(4)18-14-17-26(2)3/h17,19,21,24H,7-16,18,20,22-23,25H2,1-6H3/b27-19+,28-21+,29-24+. The number of esters is 1. The Balaban J connectivity index is 3.87. The van der Waals surface area contributed by atoms with Gasteiger partial charge in [-0.25, -0.2) is 0 Å². The number of carbonyl (C=O) groups excluding carboxylic acids is 1. The first-order valence-corrected chi connectivity index (χ1v) is 13.1. The lowest BCUT2D eigenvalue weighted by Crippen LogP contribution is -2.04. The lowest BCUT2D eigenvalue weighted by atomic mass is 10.0. The second kappa shape index (κ2) is 21.3. The van der Waals surface area contributed by atoms with Gasteiger partial charge >= 0.3 is 5.97 Å². The third-order valence-electron chi connectivity index (χ3n) is 5.81. The Hall–Kier alpha value is -1.57. The Kier molecular flexibility index (Phi) is 20.2. The van der Waals surface area contributed by atoms with Crippen molar-refractivity contribution in [1.29, 1.82) is 0 Å². The van der Waals surface area contributed by atoms with E-state index in [9.17, 15) is 4.79 Å². The van der Waals surface area contributed by atoms with E-state index < -0.39 is 0 Å². The minimum absolute atomic E-state index is 0.0532. The summed E-state index contributed by atoms with van der Waals surface area (Å²) in [7, 11) is 0. The van der Waals surface area contributed by atoms with Crippen LogP contribution >= 0.6 is 0 Å². The lowest BCUT2D eigenvalue weighted by Gasteiger charge is -2.04. The Morgan fingerprint density at radius 3 is 1.59 bits per heavy atom. The van der Waals surface area contributed by atoms with Gasteiger partial charge in [0.25, 0.3) is 0 Å². The van der Waals surface area contributed by atoms with E-state index >= 15 is 0 Å². The molecule has 0 aromatic carbocycles. The van der Waals surface area contributed by atoms with Gasteiger partial charge in [0.1, 0.15) is 6.61 Å². The molecule has 0 spiro atoms. The first-order chi connectivity index (χ1) is 15.3. The van der Waals surface area contributed by atoms with Gasteiger partial charge in [-0.05, 0) is 85.6 Å². The normalized spacial score (nSPS) is 12.8. The van der Waals surface area contributed by atoms with Crippen LogP contribution in [0.5, 0.6) is 0 Å². The van der Waals surface area contributed by atoms with E-state index in [4.69, 9.17) is 4.74 Å². The van der Waals surface area contributed by atoms with Gasteiger partial charge in [-0.1, -0.05) is 86.0 Å². The quantitative estimate of drug-likeness (QED) is 0.112. The van der Waals surface area contributed by atoms with Crippen molar-refractivity contribution in [3.63, 3.8) is 0 Å². The van der Waals surface area contributed by atoms with Crippen LogP contribution < -0.4 is 0 Å². The van der Waals surface area contributed by atoms with Crippen LogP contribution in [0.4, 0.5) is 0 Å². The molecule has 0 amide bonds. The van der Waals surface area contributed by atoms with Crippen molar-refractivity contribution in [3.8, 4) is 0 Å². The molecule has 0 saturated carbocycles. The third-order valence-corrected chi connectivity index (χ3v) is 5.81. The summed E-state index contributed by atoms with van der Waals surface area (Å²) in [5.41, 5.74) is 5.67. The second-order valence-corrected chi connectivity index (χ2v) is 9.60. The zero-order valence-electron chi connectivity index (χ0n) is 22.2. The molecule has 0 aliphatic heterocycles. The molecule has 2 heteroatoms. The number of carbonyl (C=O) groups is 1. The monoisotopic (exact) mass is 444 g/mol. The molecule has 0 aliphatic carbocycles. The minimum Gasteiger partial charge on any atom is -0.461 e. The SMILES string of the molecule is CCCCCCCCCC(=O)OC/C=C(\C)CC/C=C(\C)CC/C=C(\C)CCC=C(C)C. The van der Waals surface area contributed by atoms with E-state index in [1.165, 1.54) is 60.8 Å². The number of hydrogen-bond donors (Lipinski definition) is 0. The fourth-order valence-corrected chi connectivity index (χ4v) is 3.56. The molecule has 0 aliphatic rings. The summed E-state index contributed by atoms with van der Waals surface area (Å²) in [6.07, 6.45) is 24.9. The topological polar surface area (TPSA) is 26.3 Å². The van der Waals surface area contributed by atoms with E-state index in [0.29, 0.717) is 13.0 Å². The molecule has 0 radical (unpaired) electrons. The highest BCUT2D eigenvalue weighted by Gasteiger charge is 2.01. The van der Waals surface area contributed by atoms with Crippen molar-refractivity contribution in [2.24, 2.45) is 0 Å². The summed E-state index contributed by atoms with van der Waals surface area (Å²) in [5, 5.41) is 0. The molecule has 0 rings (SSSR count). The van der Waals surface area contributed by atoms with Gasteiger partial charge < -0.3 is 4.74 Å². The van der Waals surface area contributed by atoms with Crippen molar-refractivity contribution in [3.05, 3.63) is 46.6 Å². The molecular formula is C30H52O2. The average Bonchev–Trinajstić information content (AvgIpc) is 2.73. The first-order valence-electron chi connectivity index (χ1n) is 13.1. The molecule has 0 atom stereocenters. The highest BCUT2D eigenvalue weighted by Crippen LogP contribution is 2.14. The van der Waals surface area contributed by atoms with Crippen LogP contribution in [0.1, 0.15) is 131 Å². The number of unbranched alkanes of at least 4 members (excludes halogenated alkanes) is 6. The molecule has 0 aromatic heterocycles. The Morgan fingerprint density at radius 2 is 1.06 bits per heavy atom. The van der Waals surface area contributed by atoms with Crippen LogP contribution in [0.15, 0.2) is 46.6 Å². The Morgan fingerprint density at radius 1 is 0.594 bits per heavy atom. The van der Waals surface area contributed by atoms with Gasteiger partial charge in [-0.15, -0.1) is 0 Å². The molecule has 0 heterocycles. The van der Waals surface area contributed by atoms with E-state index in [0.717, 1.165) is 44.9 Å². The molecule has 184 valence electrons. The molecular weight excluding hydrogens is 392 g/mol. The van der Waals surface area contributed by atoms with Crippen LogP contribution in [0.3, 0.4) is 0 Å². The predicted octanol–water partition coefficient (Wildman–Crippen LogP) is 9.82. The van der Waals surface area contributed by atoms with Gasteiger partial charge in [-0.3, -0.25) is 4.79 Å². The summed E-state index contributed by atoms with van der Waals surface area (Å²) in [6, 6.07) is 0. The van der Waals surface area contributed by atoms with Crippen LogP contribution in [0.25, 0.3) is 0 Å². The summed E-state index contributed by atoms with van der Waals surface area (Å²) >= 11 is 0. The molecule has 0 saturated heterocycles. The van der Waals surface area contributed by atoms with Gasteiger partial charge in [0.05, 0.1) is 0 Å². The molecule has 0 N–H and O–H groups in total. The first kappa shape index (κ1) is 30.4. The predicted molar refractivity (Wildman–Crippen MR) is 142 cm³/mol. The van der Waals surface area contributed by atoms with Crippen molar-refractivity contribution in [1.82, 2.24) is 0 Å². The zero-order valence-corrected chi connectivity index (χ0v) is 22.2. The molecule has 0 fully saturated rings.